The molecule has 0 radical (unpaired) electrons. The number of β-amino-alcohol motifs (C(OH)–C–C–N with tert-alkyl or cyclic N) is 1. The molecule has 21 heavy (non-hydrogen) atoms. The highest BCUT2D eigenvalue weighted by Crippen LogP contribution is 2.05. The molecule has 1 aromatic carbocycles. The minimum absolute atomic E-state index is 0.0368. The van der Waals surface area contributed by atoms with Gasteiger partial charge in [0.05, 0.1) is 19.7 Å². The van der Waals surface area contributed by atoms with Gasteiger partial charge in [-0.25, -0.2) is 0 Å². The molecule has 1 aliphatic heterocycles. The van der Waals surface area contributed by atoms with Crippen molar-refractivity contribution in [3.8, 4) is 0 Å². The minimum atomic E-state index is -0.331. The van der Waals surface area contributed by atoms with Gasteiger partial charge in [-0.15, -0.1) is 0 Å². The summed E-state index contributed by atoms with van der Waals surface area (Å²) in [7, 11) is 0. The predicted molar refractivity (Wildman–Crippen MR) is 76.3 cm³/mol. The first-order valence-electron chi connectivity index (χ1n) is 6.99. The Kier molecular flexibility index (Phi) is 5.71. The lowest BCUT2D eigenvalue weighted by Crippen LogP contribution is -2.52. The number of carbonyl (C=O) groups is 2. The SMILES string of the molecule is O=C(CN1CCN(CCO)C(=O)C1)OCc1ccccc1. The average molecular weight is 292 g/mol. The molecule has 0 aliphatic carbocycles. The van der Waals surface area contributed by atoms with Crippen LogP contribution in [0.2, 0.25) is 0 Å². The average Bonchev–Trinajstić information content (AvgIpc) is 2.49. The van der Waals surface area contributed by atoms with Gasteiger partial charge in [-0.1, -0.05) is 30.3 Å². The van der Waals surface area contributed by atoms with Gasteiger partial charge in [0.15, 0.2) is 0 Å². The van der Waals surface area contributed by atoms with Crippen LogP contribution in [0, 0.1) is 0 Å². The Balaban J connectivity index is 1.72. The fourth-order valence-corrected chi connectivity index (χ4v) is 2.22. The van der Waals surface area contributed by atoms with Gasteiger partial charge in [0, 0.05) is 19.6 Å². The summed E-state index contributed by atoms with van der Waals surface area (Å²) in [5.41, 5.74) is 0.940. The fourth-order valence-electron chi connectivity index (χ4n) is 2.22. The van der Waals surface area contributed by atoms with Crippen molar-refractivity contribution in [3.63, 3.8) is 0 Å². The summed E-state index contributed by atoms with van der Waals surface area (Å²) in [6.07, 6.45) is 0. The molecule has 0 bridgehead atoms. The van der Waals surface area contributed by atoms with Crippen molar-refractivity contribution < 1.29 is 19.4 Å². The maximum atomic E-state index is 11.8. The van der Waals surface area contributed by atoms with Gasteiger partial charge >= 0.3 is 5.97 Å². The van der Waals surface area contributed by atoms with Crippen molar-refractivity contribution in [1.82, 2.24) is 9.80 Å². The maximum Gasteiger partial charge on any atom is 0.320 e. The van der Waals surface area contributed by atoms with Crippen LogP contribution in [0.4, 0.5) is 0 Å². The van der Waals surface area contributed by atoms with E-state index < -0.39 is 0 Å². The zero-order chi connectivity index (χ0) is 15.1. The molecule has 0 atom stereocenters. The molecular formula is C15H20N2O4. The van der Waals surface area contributed by atoms with Crippen molar-refractivity contribution >= 4 is 11.9 Å². The first-order valence-corrected chi connectivity index (χ1v) is 6.99. The number of aliphatic hydroxyl groups excluding tert-OH is 1. The number of piperazine rings is 1. The van der Waals surface area contributed by atoms with Crippen LogP contribution in [0.3, 0.4) is 0 Å². The number of nitrogens with zero attached hydrogens (tertiary/aromatic N) is 2. The second-order valence-electron chi connectivity index (χ2n) is 4.96. The van der Waals surface area contributed by atoms with Crippen molar-refractivity contribution in [1.29, 1.82) is 0 Å². The molecular weight excluding hydrogens is 272 g/mol. The zero-order valence-electron chi connectivity index (χ0n) is 11.9. The van der Waals surface area contributed by atoms with Gasteiger partial charge in [-0.3, -0.25) is 14.5 Å². The number of aliphatic hydroxyl groups is 1. The molecule has 0 unspecified atom stereocenters. The largest absolute Gasteiger partial charge is 0.460 e. The lowest BCUT2D eigenvalue weighted by molar-refractivity contribution is -0.148. The molecule has 0 saturated carbocycles. The number of rotatable bonds is 6. The molecule has 6 nitrogen and oxygen atoms in total. The Bertz CT molecular complexity index is 478. The van der Waals surface area contributed by atoms with E-state index in [0.29, 0.717) is 19.6 Å². The summed E-state index contributed by atoms with van der Waals surface area (Å²) >= 11 is 0. The van der Waals surface area contributed by atoms with Gasteiger partial charge in [-0.05, 0) is 5.56 Å². The van der Waals surface area contributed by atoms with Crippen LogP contribution < -0.4 is 0 Å². The van der Waals surface area contributed by atoms with Gasteiger partial charge < -0.3 is 14.7 Å². The highest BCUT2D eigenvalue weighted by atomic mass is 16.5. The first-order chi connectivity index (χ1) is 10.2. The van der Waals surface area contributed by atoms with E-state index in [1.165, 1.54) is 0 Å². The number of amides is 1. The van der Waals surface area contributed by atoms with Crippen molar-refractivity contribution in [2.75, 3.05) is 39.3 Å². The van der Waals surface area contributed by atoms with E-state index >= 15 is 0 Å². The molecule has 0 spiro atoms. The summed E-state index contributed by atoms with van der Waals surface area (Å²) in [5.74, 6) is -0.395. The standard InChI is InChI=1S/C15H20N2O4/c18-9-8-17-7-6-16(10-14(17)19)11-15(20)21-12-13-4-2-1-3-5-13/h1-5,18H,6-12H2. The van der Waals surface area contributed by atoms with Gasteiger partial charge in [0.1, 0.15) is 6.61 Å². The molecule has 6 heteroatoms. The third kappa shape index (κ3) is 4.84. The monoisotopic (exact) mass is 292 g/mol. The number of benzene rings is 1. The van der Waals surface area contributed by atoms with Crippen molar-refractivity contribution in [3.05, 3.63) is 35.9 Å². The first kappa shape index (κ1) is 15.5. The van der Waals surface area contributed by atoms with Crippen LogP contribution >= 0.6 is 0 Å². The summed E-state index contributed by atoms with van der Waals surface area (Å²) in [4.78, 5) is 26.9. The van der Waals surface area contributed by atoms with Crippen LogP contribution in [0.1, 0.15) is 5.56 Å². The molecule has 2 rings (SSSR count). The third-order valence-corrected chi connectivity index (χ3v) is 3.36. The van der Waals surface area contributed by atoms with Crippen LogP contribution in [0.25, 0.3) is 0 Å². The topological polar surface area (TPSA) is 70.1 Å². The lowest BCUT2D eigenvalue weighted by Gasteiger charge is -2.33. The molecule has 1 fully saturated rings. The summed E-state index contributed by atoms with van der Waals surface area (Å²) < 4.78 is 5.19. The van der Waals surface area contributed by atoms with E-state index in [2.05, 4.69) is 0 Å². The highest BCUT2D eigenvalue weighted by molar-refractivity contribution is 5.80. The summed E-state index contributed by atoms with van der Waals surface area (Å²) in [6.45, 7) is 2.03. The second-order valence-corrected chi connectivity index (χ2v) is 4.96. The molecule has 114 valence electrons. The Morgan fingerprint density at radius 3 is 2.67 bits per heavy atom. The molecule has 1 aliphatic rings. The van der Waals surface area contributed by atoms with Gasteiger partial charge in [0.2, 0.25) is 5.91 Å². The predicted octanol–water partition coefficient (Wildman–Crippen LogP) is -0.134. The van der Waals surface area contributed by atoms with E-state index in [1.54, 1.807) is 9.80 Å². The smallest absolute Gasteiger partial charge is 0.320 e. The minimum Gasteiger partial charge on any atom is -0.460 e. The van der Waals surface area contributed by atoms with E-state index in [-0.39, 0.29) is 38.2 Å². The van der Waals surface area contributed by atoms with Crippen LogP contribution in [-0.2, 0) is 20.9 Å². The molecule has 1 aromatic rings. The number of hydrogen-bond donors (Lipinski definition) is 1. The Hall–Kier alpha value is -1.92. The quantitative estimate of drug-likeness (QED) is 0.739. The number of ether oxygens (including phenoxy) is 1. The normalized spacial score (nSPS) is 16.0. The molecule has 1 amide bonds. The van der Waals surface area contributed by atoms with E-state index in [0.717, 1.165) is 5.56 Å². The maximum absolute atomic E-state index is 11.8. The van der Waals surface area contributed by atoms with Crippen LogP contribution in [-0.4, -0.2) is 66.1 Å². The summed E-state index contributed by atoms with van der Waals surface area (Å²) in [5, 5.41) is 8.84. The third-order valence-electron chi connectivity index (χ3n) is 3.36. The number of carbonyl (C=O) groups excluding carboxylic acids is 2. The Morgan fingerprint density at radius 2 is 2.00 bits per heavy atom. The molecule has 1 N–H and O–H groups in total. The highest BCUT2D eigenvalue weighted by Gasteiger charge is 2.25. The number of esters is 1. The molecule has 1 heterocycles. The van der Waals surface area contributed by atoms with E-state index in [4.69, 9.17) is 9.84 Å². The van der Waals surface area contributed by atoms with Crippen molar-refractivity contribution in [2.24, 2.45) is 0 Å². The van der Waals surface area contributed by atoms with Gasteiger partial charge in [0.25, 0.3) is 0 Å². The second kappa shape index (κ2) is 7.75. The van der Waals surface area contributed by atoms with Crippen LogP contribution in [0.15, 0.2) is 30.3 Å². The lowest BCUT2D eigenvalue weighted by atomic mass is 10.2. The molecule has 0 aromatic heterocycles. The molecule has 1 saturated heterocycles. The van der Waals surface area contributed by atoms with Gasteiger partial charge in [-0.2, -0.15) is 0 Å². The summed E-state index contributed by atoms with van der Waals surface area (Å²) in [6, 6.07) is 9.47. The number of hydrogen-bond acceptors (Lipinski definition) is 5. The van der Waals surface area contributed by atoms with E-state index in [9.17, 15) is 9.59 Å². The van der Waals surface area contributed by atoms with Crippen LogP contribution in [0.5, 0.6) is 0 Å². The van der Waals surface area contributed by atoms with Crippen molar-refractivity contribution in [2.45, 2.75) is 6.61 Å². The Morgan fingerprint density at radius 1 is 1.24 bits per heavy atom. The fraction of sp³-hybridized carbons (Fsp3) is 0.467. The van der Waals surface area contributed by atoms with E-state index in [1.807, 2.05) is 30.3 Å². The zero-order valence-corrected chi connectivity index (χ0v) is 11.9. The Labute approximate surface area is 123 Å².